The summed E-state index contributed by atoms with van der Waals surface area (Å²) in [4.78, 5) is 11.4. The Morgan fingerprint density at radius 2 is 2.29 bits per heavy atom. The molecule has 0 radical (unpaired) electrons. The molecular formula is C8H10Br2N2O2. The highest BCUT2D eigenvalue weighted by molar-refractivity contribution is 9.10. The number of hydrogen-bond donors (Lipinski definition) is 0. The summed E-state index contributed by atoms with van der Waals surface area (Å²) in [5.74, 6) is -0.401. The summed E-state index contributed by atoms with van der Waals surface area (Å²) >= 11 is 6.64. The number of alkyl halides is 1. The number of carbonyl (C=O) groups excluding carboxylic acids is 1. The highest BCUT2D eigenvalue weighted by atomic mass is 79.9. The smallest absolute Gasteiger partial charge is 0.360 e. The van der Waals surface area contributed by atoms with Crippen molar-refractivity contribution in [2.24, 2.45) is 7.05 Å². The minimum atomic E-state index is -0.401. The number of hydrogen-bond acceptors (Lipinski definition) is 3. The lowest BCUT2D eigenvalue weighted by Crippen LogP contribution is -2.06. The molecule has 0 aliphatic heterocycles. The SMILES string of the molecule is CCOC(=O)c1nn(C)c(CBr)c1Br. The van der Waals surface area contributed by atoms with E-state index < -0.39 is 5.97 Å². The standard InChI is InChI=1S/C8H10Br2N2O2/c1-3-14-8(13)7-6(10)5(4-9)12(2)11-7/h3-4H2,1-2H3. The molecule has 1 aromatic rings. The van der Waals surface area contributed by atoms with E-state index in [1.54, 1.807) is 18.7 Å². The van der Waals surface area contributed by atoms with Gasteiger partial charge in [0.05, 0.1) is 16.8 Å². The summed E-state index contributed by atoms with van der Waals surface area (Å²) in [7, 11) is 1.78. The lowest BCUT2D eigenvalue weighted by atomic mass is 10.4. The molecule has 6 heteroatoms. The Labute approximate surface area is 98.9 Å². The molecule has 0 aliphatic rings. The van der Waals surface area contributed by atoms with Crippen LogP contribution in [0.2, 0.25) is 0 Å². The minimum absolute atomic E-state index is 0.323. The third kappa shape index (κ3) is 2.17. The first-order valence-corrected chi connectivity index (χ1v) is 5.97. The number of ether oxygens (including phenoxy) is 1. The van der Waals surface area contributed by atoms with Gasteiger partial charge in [0.25, 0.3) is 0 Å². The number of carbonyl (C=O) groups is 1. The first kappa shape index (κ1) is 11.7. The summed E-state index contributed by atoms with van der Waals surface area (Å²) in [5.41, 5.74) is 1.23. The Morgan fingerprint density at radius 3 is 2.71 bits per heavy atom. The highest BCUT2D eigenvalue weighted by Crippen LogP contribution is 2.23. The van der Waals surface area contributed by atoms with Gasteiger partial charge in [0, 0.05) is 12.4 Å². The fraction of sp³-hybridized carbons (Fsp3) is 0.500. The van der Waals surface area contributed by atoms with Gasteiger partial charge in [-0.3, -0.25) is 4.68 Å². The van der Waals surface area contributed by atoms with Gasteiger partial charge in [-0.25, -0.2) is 4.79 Å². The monoisotopic (exact) mass is 324 g/mol. The van der Waals surface area contributed by atoms with E-state index in [9.17, 15) is 4.79 Å². The van der Waals surface area contributed by atoms with Crippen molar-refractivity contribution in [2.45, 2.75) is 12.3 Å². The van der Waals surface area contributed by atoms with Gasteiger partial charge in [0.15, 0.2) is 5.69 Å². The summed E-state index contributed by atoms with van der Waals surface area (Å²) < 4.78 is 7.20. The average molecular weight is 326 g/mol. The van der Waals surface area contributed by atoms with Crippen LogP contribution in [0.1, 0.15) is 23.1 Å². The van der Waals surface area contributed by atoms with E-state index in [1.807, 2.05) is 0 Å². The van der Waals surface area contributed by atoms with E-state index in [1.165, 1.54) is 0 Å². The maximum Gasteiger partial charge on any atom is 0.360 e. The fourth-order valence-corrected chi connectivity index (χ4v) is 2.67. The molecule has 0 fully saturated rings. The van der Waals surface area contributed by atoms with E-state index in [2.05, 4.69) is 37.0 Å². The number of halogens is 2. The van der Waals surface area contributed by atoms with Crippen molar-refractivity contribution in [2.75, 3.05) is 6.61 Å². The van der Waals surface area contributed by atoms with Crippen molar-refractivity contribution in [3.63, 3.8) is 0 Å². The average Bonchev–Trinajstić information content (AvgIpc) is 2.42. The van der Waals surface area contributed by atoms with Crippen molar-refractivity contribution in [1.82, 2.24) is 9.78 Å². The van der Waals surface area contributed by atoms with E-state index in [0.717, 1.165) is 5.69 Å². The second kappa shape index (κ2) is 4.93. The molecule has 4 nitrogen and oxygen atoms in total. The Kier molecular flexibility index (Phi) is 4.12. The van der Waals surface area contributed by atoms with Crippen LogP contribution >= 0.6 is 31.9 Å². The van der Waals surface area contributed by atoms with Gasteiger partial charge in [-0.1, -0.05) is 15.9 Å². The zero-order valence-electron chi connectivity index (χ0n) is 7.88. The van der Waals surface area contributed by atoms with Crippen molar-refractivity contribution in [3.05, 3.63) is 15.9 Å². The molecular weight excluding hydrogens is 316 g/mol. The quantitative estimate of drug-likeness (QED) is 0.632. The molecule has 1 heterocycles. The maximum atomic E-state index is 11.4. The summed E-state index contributed by atoms with van der Waals surface area (Å²) in [6, 6.07) is 0. The molecule has 0 saturated carbocycles. The van der Waals surface area contributed by atoms with Crippen LogP contribution < -0.4 is 0 Å². The largest absolute Gasteiger partial charge is 0.461 e. The highest BCUT2D eigenvalue weighted by Gasteiger charge is 2.19. The van der Waals surface area contributed by atoms with Crippen LogP contribution in [0.4, 0.5) is 0 Å². The number of nitrogens with zero attached hydrogens (tertiary/aromatic N) is 2. The Bertz CT molecular complexity index is 349. The fourth-order valence-electron chi connectivity index (χ4n) is 1.01. The van der Waals surface area contributed by atoms with Crippen molar-refractivity contribution >= 4 is 37.8 Å². The van der Waals surface area contributed by atoms with E-state index in [4.69, 9.17) is 4.74 Å². The van der Waals surface area contributed by atoms with Gasteiger partial charge < -0.3 is 4.74 Å². The molecule has 0 N–H and O–H groups in total. The molecule has 1 aromatic heterocycles. The van der Waals surface area contributed by atoms with Crippen LogP contribution in [0.15, 0.2) is 4.47 Å². The number of aromatic nitrogens is 2. The second-order valence-corrected chi connectivity index (χ2v) is 3.94. The molecule has 1 rings (SSSR count). The minimum Gasteiger partial charge on any atom is -0.461 e. The number of aryl methyl sites for hydroxylation is 1. The second-order valence-electron chi connectivity index (χ2n) is 2.59. The number of rotatable bonds is 3. The Balaban J connectivity index is 3.04. The van der Waals surface area contributed by atoms with E-state index in [0.29, 0.717) is 22.1 Å². The molecule has 0 spiro atoms. The van der Waals surface area contributed by atoms with Gasteiger partial charge in [-0.2, -0.15) is 5.10 Å². The lowest BCUT2D eigenvalue weighted by molar-refractivity contribution is 0.0517. The van der Waals surface area contributed by atoms with Gasteiger partial charge in [0.1, 0.15) is 0 Å². The van der Waals surface area contributed by atoms with Gasteiger partial charge >= 0.3 is 5.97 Å². The third-order valence-corrected chi connectivity index (χ3v) is 3.06. The van der Waals surface area contributed by atoms with Gasteiger partial charge in [-0.15, -0.1) is 0 Å². The van der Waals surface area contributed by atoms with Crippen LogP contribution in [0.5, 0.6) is 0 Å². The Morgan fingerprint density at radius 1 is 1.64 bits per heavy atom. The van der Waals surface area contributed by atoms with Crippen molar-refractivity contribution < 1.29 is 9.53 Å². The molecule has 0 saturated heterocycles. The summed E-state index contributed by atoms with van der Waals surface area (Å²) in [6.45, 7) is 2.12. The van der Waals surface area contributed by atoms with Crippen LogP contribution in [0.3, 0.4) is 0 Å². The van der Waals surface area contributed by atoms with E-state index in [-0.39, 0.29) is 0 Å². The predicted octanol–water partition coefficient (Wildman–Crippen LogP) is 2.25. The van der Waals surface area contributed by atoms with Crippen LogP contribution in [0.25, 0.3) is 0 Å². The van der Waals surface area contributed by atoms with Crippen molar-refractivity contribution in [1.29, 1.82) is 0 Å². The first-order chi connectivity index (χ1) is 6.61. The molecule has 14 heavy (non-hydrogen) atoms. The Hall–Kier alpha value is -0.360. The van der Waals surface area contributed by atoms with Crippen LogP contribution in [-0.4, -0.2) is 22.4 Å². The summed E-state index contributed by atoms with van der Waals surface area (Å²) in [6.07, 6.45) is 0. The normalized spacial score (nSPS) is 10.3. The first-order valence-electron chi connectivity index (χ1n) is 4.06. The lowest BCUT2D eigenvalue weighted by Gasteiger charge is -1.97. The number of esters is 1. The van der Waals surface area contributed by atoms with Crippen LogP contribution in [0, 0.1) is 0 Å². The molecule has 0 unspecified atom stereocenters. The molecule has 0 atom stereocenters. The third-order valence-electron chi connectivity index (χ3n) is 1.70. The van der Waals surface area contributed by atoms with Crippen LogP contribution in [-0.2, 0) is 17.1 Å². The molecule has 0 bridgehead atoms. The van der Waals surface area contributed by atoms with E-state index >= 15 is 0 Å². The zero-order valence-corrected chi connectivity index (χ0v) is 11.1. The predicted molar refractivity (Wildman–Crippen MR) is 59.5 cm³/mol. The van der Waals surface area contributed by atoms with Gasteiger partial charge in [0.2, 0.25) is 0 Å². The topological polar surface area (TPSA) is 44.1 Å². The molecule has 78 valence electrons. The zero-order chi connectivity index (χ0) is 10.7. The summed E-state index contributed by atoms with van der Waals surface area (Å²) in [5, 5.41) is 4.70. The molecule has 0 amide bonds. The molecule has 0 aliphatic carbocycles. The maximum absolute atomic E-state index is 11.4. The van der Waals surface area contributed by atoms with Crippen molar-refractivity contribution in [3.8, 4) is 0 Å². The molecule has 0 aromatic carbocycles. The van der Waals surface area contributed by atoms with Gasteiger partial charge in [-0.05, 0) is 22.9 Å².